The van der Waals surface area contributed by atoms with Gasteiger partial charge in [0.15, 0.2) is 0 Å². The molecule has 0 unspecified atom stereocenters. The van der Waals surface area contributed by atoms with Crippen molar-refractivity contribution in [3.8, 4) is 0 Å². The molecule has 0 radical (unpaired) electrons. The predicted molar refractivity (Wildman–Crippen MR) is 111 cm³/mol. The number of rotatable bonds is 5. The molecule has 1 amide bonds. The van der Waals surface area contributed by atoms with Crippen molar-refractivity contribution >= 4 is 39.9 Å². The highest BCUT2D eigenvalue weighted by molar-refractivity contribution is 8.00. The second-order valence-corrected chi connectivity index (χ2v) is 7.85. The zero-order chi connectivity index (χ0) is 18.7. The van der Waals surface area contributed by atoms with Gasteiger partial charge in [-0.25, -0.2) is 4.98 Å². The molecular formula is C21H23N3OS. The van der Waals surface area contributed by atoms with E-state index < -0.39 is 0 Å². The maximum absolute atomic E-state index is 12.5. The van der Waals surface area contributed by atoms with Crippen molar-refractivity contribution in [2.45, 2.75) is 24.1 Å². The van der Waals surface area contributed by atoms with Gasteiger partial charge in [0.2, 0.25) is 5.91 Å². The van der Waals surface area contributed by atoms with Crippen molar-refractivity contribution in [2.24, 2.45) is 0 Å². The summed E-state index contributed by atoms with van der Waals surface area (Å²) in [5, 5.41) is 4.75. The highest BCUT2D eigenvalue weighted by atomic mass is 32.2. The van der Waals surface area contributed by atoms with Crippen LogP contribution in [0.15, 0.2) is 59.6 Å². The number of carbonyl (C=O) groups excluding carboxylic acids is 1. The molecule has 3 rings (SSSR count). The minimum atomic E-state index is -0.239. The van der Waals surface area contributed by atoms with Crippen molar-refractivity contribution in [3.05, 3.63) is 60.2 Å². The normalized spacial score (nSPS) is 12.0. The van der Waals surface area contributed by atoms with Gasteiger partial charge in [0.25, 0.3) is 0 Å². The molecule has 0 saturated heterocycles. The fourth-order valence-electron chi connectivity index (χ4n) is 2.70. The number of thioether (sulfide) groups is 1. The Bertz CT molecular complexity index is 922. The minimum absolute atomic E-state index is 0.0276. The van der Waals surface area contributed by atoms with E-state index in [1.54, 1.807) is 0 Å². The highest BCUT2D eigenvalue weighted by Crippen LogP contribution is 2.27. The van der Waals surface area contributed by atoms with Crippen LogP contribution in [-0.2, 0) is 4.79 Å². The fraction of sp³-hybridized carbons (Fsp3) is 0.238. The average molecular weight is 366 g/mol. The predicted octanol–water partition coefficient (Wildman–Crippen LogP) is 4.73. The Morgan fingerprint density at radius 1 is 1.12 bits per heavy atom. The number of aromatic nitrogens is 1. The molecule has 0 aliphatic carbocycles. The average Bonchev–Trinajstić information content (AvgIpc) is 2.62. The Kier molecular flexibility index (Phi) is 5.47. The Hall–Kier alpha value is -2.53. The molecule has 2 aromatic carbocycles. The Morgan fingerprint density at radius 2 is 1.81 bits per heavy atom. The van der Waals surface area contributed by atoms with Crippen LogP contribution in [0.1, 0.15) is 12.5 Å². The summed E-state index contributed by atoms with van der Waals surface area (Å²) in [6.45, 7) is 3.98. The van der Waals surface area contributed by atoms with E-state index in [0.29, 0.717) is 0 Å². The Morgan fingerprint density at radius 3 is 2.50 bits per heavy atom. The first kappa shape index (κ1) is 18.3. The number of aryl methyl sites for hydroxylation is 1. The molecule has 0 aliphatic rings. The van der Waals surface area contributed by atoms with E-state index >= 15 is 0 Å². The molecule has 0 fully saturated rings. The summed E-state index contributed by atoms with van der Waals surface area (Å²) in [4.78, 5) is 19.2. The summed E-state index contributed by atoms with van der Waals surface area (Å²) >= 11 is 1.48. The van der Waals surface area contributed by atoms with Gasteiger partial charge in [0.1, 0.15) is 0 Å². The van der Waals surface area contributed by atoms with Crippen LogP contribution in [0.4, 0.5) is 11.4 Å². The van der Waals surface area contributed by atoms with Gasteiger partial charge in [-0.2, -0.15) is 0 Å². The number of amides is 1. The molecule has 1 aromatic heterocycles. The lowest BCUT2D eigenvalue weighted by Crippen LogP contribution is -2.22. The molecule has 5 heteroatoms. The van der Waals surface area contributed by atoms with Gasteiger partial charge in [-0.3, -0.25) is 4.79 Å². The molecule has 26 heavy (non-hydrogen) atoms. The van der Waals surface area contributed by atoms with E-state index in [1.807, 2.05) is 74.4 Å². The molecule has 4 nitrogen and oxygen atoms in total. The van der Waals surface area contributed by atoms with Crippen molar-refractivity contribution in [1.82, 2.24) is 4.98 Å². The number of fused-ring (bicyclic) bond motifs is 1. The van der Waals surface area contributed by atoms with Crippen LogP contribution in [0.5, 0.6) is 0 Å². The second kappa shape index (κ2) is 7.79. The number of pyridine rings is 1. The monoisotopic (exact) mass is 365 g/mol. The number of nitrogens with one attached hydrogen (secondary N) is 1. The van der Waals surface area contributed by atoms with Gasteiger partial charge < -0.3 is 10.2 Å². The first-order valence-corrected chi connectivity index (χ1v) is 9.43. The smallest absolute Gasteiger partial charge is 0.237 e. The Labute approximate surface area is 158 Å². The van der Waals surface area contributed by atoms with Crippen LogP contribution >= 0.6 is 11.8 Å². The summed E-state index contributed by atoms with van der Waals surface area (Å²) in [5.74, 6) is -0.0276. The lowest BCUT2D eigenvalue weighted by atomic mass is 10.1. The SMILES string of the molecule is Cc1cc(S[C@@H](C)C(=O)Nc2ccc(N(C)C)cc2)nc2ccccc12. The molecule has 1 atom stereocenters. The van der Waals surface area contributed by atoms with Gasteiger partial charge >= 0.3 is 0 Å². The highest BCUT2D eigenvalue weighted by Gasteiger charge is 2.16. The van der Waals surface area contributed by atoms with E-state index in [1.165, 1.54) is 17.3 Å². The van der Waals surface area contributed by atoms with E-state index in [4.69, 9.17) is 0 Å². The number of anilines is 2. The first-order valence-electron chi connectivity index (χ1n) is 8.55. The van der Waals surface area contributed by atoms with Gasteiger partial charge in [0.05, 0.1) is 15.8 Å². The molecule has 1 N–H and O–H groups in total. The zero-order valence-electron chi connectivity index (χ0n) is 15.5. The largest absolute Gasteiger partial charge is 0.378 e. The standard InChI is InChI=1S/C21H23N3OS/c1-14-13-20(23-19-8-6-5-7-18(14)19)26-15(2)21(25)22-16-9-11-17(12-10-16)24(3)4/h5-13,15H,1-4H3,(H,22,25)/t15-/m0/s1. The summed E-state index contributed by atoms with van der Waals surface area (Å²) in [7, 11) is 3.98. The van der Waals surface area contributed by atoms with Crippen LogP contribution in [-0.4, -0.2) is 30.2 Å². The van der Waals surface area contributed by atoms with Crippen molar-refractivity contribution in [1.29, 1.82) is 0 Å². The third-order valence-corrected chi connectivity index (χ3v) is 5.24. The van der Waals surface area contributed by atoms with Crippen LogP contribution in [0.2, 0.25) is 0 Å². The van der Waals surface area contributed by atoms with Gasteiger partial charge in [-0.05, 0) is 55.8 Å². The molecule has 134 valence electrons. The van der Waals surface area contributed by atoms with E-state index in [9.17, 15) is 4.79 Å². The summed E-state index contributed by atoms with van der Waals surface area (Å²) in [5.41, 5.74) is 4.03. The number of carbonyl (C=O) groups is 1. The lowest BCUT2D eigenvalue weighted by Gasteiger charge is -2.15. The van der Waals surface area contributed by atoms with Gasteiger partial charge in [-0.15, -0.1) is 0 Å². The summed E-state index contributed by atoms with van der Waals surface area (Å²) < 4.78 is 0. The number of hydrogen-bond donors (Lipinski definition) is 1. The molecule has 0 saturated carbocycles. The molecule has 3 aromatic rings. The van der Waals surface area contributed by atoms with Crippen LogP contribution in [0.25, 0.3) is 10.9 Å². The summed E-state index contributed by atoms with van der Waals surface area (Å²) in [6.07, 6.45) is 0. The van der Waals surface area contributed by atoms with E-state index in [2.05, 4.69) is 23.3 Å². The molecule has 0 aliphatic heterocycles. The van der Waals surface area contributed by atoms with Gasteiger partial charge in [-0.1, -0.05) is 30.0 Å². The van der Waals surface area contributed by atoms with Crippen LogP contribution < -0.4 is 10.2 Å². The second-order valence-electron chi connectivity index (χ2n) is 6.49. The maximum Gasteiger partial charge on any atom is 0.237 e. The van der Waals surface area contributed by atoms with Crippen LogP contribution in [0, 0.1) is 6.92 Å². The van der Waals surface area contributed by atoms with Crippen LogP contribution in [0.3, 0.4) is 0 Å². The van der Waals surface area contributed by atoms with Crippen molar-refractivity contribution in [2.75, 3.05) is 24.3 Å². The summed E-state index contributed by atoms with van der Waals surface area (Å²) in [6, 6.07) is 17.9. The first-order chi connectivity index (χ1) is 12.4. The number of hydrogen-bond acceptors (Lipinski definition) is 4. The third-order valence-electron chi connectivity index (χ3n) is 4.22. The lowest BCUT2D eigenvalue weighted by molar-refractivity contribution is -0.115. The third kappa shape index (κ3) is 4.17. The molecule has 1 heterocycles. The number of nitrogens with zero attached hydrogens (tertiary/aromatic N) is 2. The van der Waals surface area contributed by atoms with Crippen molar-refractivity contribution < 1.29 is 4.79 Å². The minimum Gasteiger partial charge on any atom is -0.378 e. The molecule has 0 spiro atoms. The zero-order valence-corrected chi connectivity index (χ0v) is 16.3. The maximum atomic E-state index is 12.5. The van der Waals surface area contributed by atoms with E-state index in [0.717, 1.165) is 27.3 Å². The molecular weight excluding hydrogens is 342 g/mol. The topological polar surface area (TPSA) is 45.2 Å². The number of para-hydroxylation sites is 1. The number of benzene rings is 2. The Balaban J connectivity index is 1.69. The molecule has 0 bridgehead atoms. The van der Waals surface area contributed by atoms with E-state index in [-0.39, 0.29) is 11.2 Å². The van der Waals surface area contributed by atoms with Crippen molar-refractivity contribution in [3.63, 3.8) is 0 Å². The van der Waals surface area contributed by atoms with Gasteiger partial charge in [0, 0.05) is 30.9 Å². The fourth-order valence-corrected chi connectivity index (χ4v) is 3.62. The quantitative estimate of drug-likeness (QED) is 0.664.